The summed E-state index contributed by atoms with van der Waals surface area (Å²) in [5, 5.41) is 19.8. The van der Waals surface area contributed by atoms with Crippen LogP contribution in [-0.4, -0.2) is 43.7 Å². The van der Waals surface area contributed by atoms with E-state index in [9.17, 15) is 10.1 Å². The van der Waals surface area contributed by atoms with Gasteiger partial charge in [0.25, 0.3) is 0 Å². The van der Waals surface area contributed by atoms with Crippen molar-refractivity contribution in [3.63, 3.8) is 0 Å². The monoisotopic (exact) mass is 453 g/mol. The van der Waals surface area contributed by atoms with Crippen LogP contribution in [0.3, 0.4) is 0 Å². The Morgan fingerprint density at radius 3 is 2.94 bits per heavy atom. The van der Waals surface area contributed by atoms with Gasteiger partial charge >= 0.3 is 0 Å². The predicted molar refractivity (Wildman–Crippen MR) is 125 cm³/mol. The van der Waals surface area contributed by atoms with E-state index >= 15 is 0 Å². The van der Waals surface area contributed by atoms with Gasteiger partial charge in [0.2, 0.25) is 5.91 Å². The number of hydrogen-bond donors (Lipinski definition) is 3. The fourth-order valence-corrected chi connectivity index (χ4v) is 4.40. The molecule has 3 heterocycles. The van der Waals surface area contributed by atoms with Crippen molar-refractivity contribution in [2.75, 3.05) is 43.5 Å². The molecule has 0 radical (unpaired) electrons. The maximum absolute atomic E-state index is 12.6. The number of halogens is 1. The van der Waals surface area contributed by atoms with Gasteiger partial charge in [0.15, 0.2) is 0 Å². The van der Waals surface area contributed by atoms with Gasteiger partial charge in [-0.15, -0.1) is 0 Å². The lowest BCUT2D eigenvalue weighted by atomic mass is 9.81. The molecule has 0 saturated carbocycles. The average Bonchev–Trinajstić information content (AvgIpc) is 2.85. The minimum absolute atomic E-state index is 0.0216. The zero-order valence-corrected chi connectivity index (χ0v) is 18.8. The molecule has 0 bridgehead atoms. The number of ether oxygens (including phenoxy) is 1. The fourth-order valence-electron chi connectivity index (χ4n) is 4.19. The number of carbonyl (C=O) groups is 1. The van der Waals surface area contributed by atoms with Gasteiger partial charge in [-0.05, 0) is 56.0 Å². The van der Waals surface area contributed by atoms with Crippen molar-refractivity contribution in [1.82, 2.24) is 10.3 Å². The fraction of sp³-hybridized carbons (Fsp3) is 0.458. The third kappa shape index (κ3) is 5.39. The number of piperidine rings is 1. The van der Waals surface area contributed by atoms with E-state index in [1.54, 1.807) is 6.20 Å². The van der Waals surface area contributed by atoms with Crippen molar-refractivity contribution in [3.05, 3.63) is 41.6 Å². The Morgan fingerprint density at radius 1 is 1.34 bits per heavy atom. The van der Waals surface area contributed by atoms with Gasteiger partial charge in [0.05, 0.1) is 22.4 Å². The van der Waals surface area contributed by atoms with Crippen molar-refractivity contribution >= 4 is 29.0 Å². The van der Waals surface area contributed by atoms with Crippen LogP contribution in [0.4, 0.5) is 11.5 Å². The summed E-state index contributed by atoms with van der Waals surface area (Å²) >= 11 is 6.45. The summed E-state index contributed by atoms with van der Waals surface area (Å²) in [4.78, 5) is 16.9. The first kappa shape index (κ1) is 22.5. The number of rotatable bonds is 6. The minimum Gasteiger partial charge on any atom is -0.383 e. The molecule has 2 aromatic rings. The third-order valence-electron chi connectivity index (χ3n) is 6.27. The Kier molecular flexibility index (Phi) is 7.26. The number of pyridine rings is 1. The first-order valence-corrected chi connectivity index (χ1v) is 11.5. The van der Waals surface area contributed by atoms with Crippen LogP contribution < -0.4 is 16.0 Å². The van der Waals surface area contributed by atoms with Crippen LogP contribution in [-0.2, 0) is 9.53 Å². The summed E-state index contributed by atoms with van der Waals surface area (Å²) in [6, 6.07) is 12.2. The molecule has 1 amide bonds. The van der Waals surface area contributed by atoms with E-state index in [1.807, 2.05) is 30.3 Å². The number of aromatic nitrogens is 1. The Hall–Kier alpha value is -2.66. The number of amides is 1. The molecule has 2 aliphatic heterocycles. The van der Waals surface area contributed by atoms with Crippen LogP contribution >= 0.6 is 11.6 Å². The number of hydrogen-bond acceptors (Lipinski definition) is 6. The lowest BCUT2D eigenvalue weighted by Gasteiger charge is -2.31. The summed E-state index contributed by atoms with van der Waals surface area (Å²) < 4.78 is 5.41. The summed E-state index contributed by atoms with van der Waals surface area (Å²) in [5.41, 5.74) is 2.21. The molecular formula is C24H28ClN5O2. The number of nitrogens with one attached hydrogen (secondary N) is 3. The molecule has 7 nitrogen and oxygen atoms in total. The second-order valence-corrected chi connectivity index (χ2v) is 8.93. The van der Waals surface area contributed by atoms with Crippen LogP contribution in [0, 0.1) is 22.7 Å². The van der Waals surface area contributed by atoms with Crippen LogP contribution in [0.15, 0.2) is 36.5 Å². The molecular weight excluding hydrogens is 426 g/mol. The zero-order valence-electron chi connectivity index (χ0n) is 18.0. The topological polar surface area (TPSA) is 99.1 Å². The lowest BCUT2D eigenvalue weighted by molar-refractivity contribution is -0.120. The molecule has 3 N–H and O–H groups in total. The standard InChI is InChI=1S/C24H28ClN5O2/c25-21-14-28-22(30-23(31)18-4-2-8-27-13-18)12-20(21)17-3-1-5-19(11-17)29-16-24(15-26)6-9-32-10-7-24/h1,3,5,11-12,14,18,27,29H,2,4,6-10,13,16H2,(H,28,30,31)/t18-/m1/s1. The molecule has 2 aliphatic rings. The highest BCUT2D eigenvalue weighted by Crippen LogP contribution is 2.33. The van der Waals surface area contributed by atoms with Gasteiger partial charge in [-0.1, -0.05) is 23.7 Å². The first-order chi connectivity index (χ1) is 15.6. The van der Waals surface area contributed by atoms with Crippen molar-refractivity contribution in [2.45, 2.75) is 25.7 Å². The van der Waals surface area contributed by atoms with Crippen LogP contribution in [0.25, 0.3) is 11.1 Å². The molecule has 1 atom stereocenters. The van der Waals surface area contributed by atoms with Gasteiger partial charge in [-0.3, -0.25) is 4.79 Å². The number of benzene rings is 1. The second-order valence-electron chi connectivity index (χ2n) is 8.52. The van der Waals surface area contributed by atoms with E-state index in [4.69, 9.17) is 16.3 Å². The Balaban J connectivity index is 1.48. The van der Waals surface area contributed by atoms with Crippen LogP contribution in [0.5, 0.6) is 0 Å². The lowest BCUT2D eigenvalue weighted by Crippen LogP contribution is -2.37. The first-order valence-electron chi connectivity index (χ1n) is 11.1. The Labute approximate surface area is 193 Å². The molecule has 1 aromatic carbocycles. The minimum atomic E-state index is -0.409. The normalized spacial score (nSPS) is 20.2. The summed E-state index contributed by atoms with van der Waals surface area (Å²) in [6.45, 7) is 3.45. The molecule has 2 fully saturated rings. The average molecular weight is 454 g/mol. The van der Waals surface area contributed by atoms with Crippen molar-refractivity contribution in [1.29, 1.82) is 5.26 Å². The highest BCUT2D eigenvalue weighted by molar-refractivity contribution is 6.33. The number of anilines is 2. The SMILES string of the molecule is N#CC1(CNc2cccc(-c3cc(NC(=O)[C@@H]4CCCNC4)ncc3Cl)c2)CCOCC1. The maximum atomic E-state index is 12.6. The molecule has 0 unspecified atom stereocenters. The number of nitrogens with zero attached hydrogens (tertiary/aromatic N) is 2. The van der Waals surface area contributed by atoms with E-state index in [0.717, 1.165) is 49.0 Å². The van der Waals surface area contributed by atoms with Crippen LogP contribution in [0.2, 0.25) is 5.02 Å². The summed E-state index contributed by atoms with van der Waals surface area (Å²) in [7, 11) is 0. The molecule has 0 aliphatic carbocycles. The maximum Gasteiger partial charge on any atom is 0.229 e. The van der Waals surface area contributed by atoms with E-state index in [-0.39, 0.29) is 11.8 Å². The molecule has 1 aromatic heterocycles. The molecule has 168 valence electrons. The van der Waals surface area contributed by atoms with Crippen molar-refractivity contribution < 1.29 is 9.53 Å². The number of carbonyl (C=O) groups excluding carboxylic acids is 1. The number of nitriles is 1. The van der Waals surface area contributed by atoms with Crippen molar-refractivity contribution in [2.24, 2.45) is 11.3 Å². The predicted octanol–water partition coefficient (Wildman–Crippen LogP) is 4.07. The molecule has 4 rings (SSSR count). The molecule has 2 saturated heterocycles. The van der Waals surface area contributed by atoms with E-state index in [2.05, 4.69) is 27.0 Å². The summed E-state index contributed by atoms with van der Waals surface area (Å²) in [6.07, 6.45) is 4.90. The van der Waals surface area contributed by atoms with E-state index < -0.39 is 5.41 Å². The van der Waals surface area contributed by atoms with Gasteiger partial charge in [-0.25, -0.2) is 4.98 Å². The second kappa shape index (κ2) is 10.3. The third-order valence-corrected chi connectivity index (χ3v) is 6.57. The molecule has 32 heavy (non-hydrogen) atoms. The zero-order chi connectivity index (χ0) is 22.4. The Bertz CT molecular complexity index is 994. The smallest absolute Gasteiger partial charge is 0.229 e. The highest BCUT2D eigenvalue weighted by Gasteiger charge is 2.32. The largest absolute Gasteiger partial charge is 0.383 e. The van der Waals surface area contributed by atoms with Gasteiger partial charge in [0, 0.05) is 43.8 Å². The summed E-state index contributed by atoms with van der Waals surface area (Å²) in [5.74, 6) is 0.422. The van der Waals surface area contributed by atoms with E-state index in [0.29, 0.717) is 37.1 Å². The molecule has 0 spiro atoms. The van der Waals surface area contributed by atoms with Gasteiger partial charge in [-0.2, -0.15) is 5.26 Å². The van der Waals surface area contributed by atoms with Crippen LogP contribution in [0.1, 0.15) is 25.7 Å². The Morgan fingerprint density at radius 2 is 2.19 bits per heavy atom. The van der Waals surface area contributed by atoms with Gasteiger partial charge < -0.3 is 20.7 Å². The van der Waals surface area contributed by atoms with E-state index in [1.165, 1.54) is 0 Å². The van der Waals surface area contributed by atoms with Gasteiger partial charge in [0.1, 0.15) is 5.82 Å². The van der Waals surface area contributed by atoms with Crippen molar-refractivity contribution in [3.8, 4) is 17.2 Å². The highest BCUT2D eigenvalue weighted by atomic mass is 35.5. The molecule has 8 heteroatoms. The quantitative estimate of drug-likeness (QED) is 0.609.